The maximum Gasteiger partial charge on any atom is 0.359 e. The van der Waals surface area contributed by atoms with Gasteiger partial charge in [0.05, 0.1) is 26.2 Å². The molecule has 0 saturated heterocycles. The molecule has 1 aliphatic heterocycles. The fourth-order valence-corrected chi connectivity index (χ4v) is 5.67. The Labute approximate surface area is 238 Å². The maximum atomic E-state index is 14.2. The summed E-state index contributed by atoms with van der Waals surface area (Å²) >= 11 is 0. The van der Waals surface area contributed by atoms with E-state index in [2.05, 4.69) is 15.3 Å². The summed E-state index contributed by atoms with van der Waals surface area (Å²) in [7, 11) is -0.669. The van der Waals surface area contributed by atoms with Crippen LogP contribution in [-0.4, -0.2) is 67.2 Å². The van der Waals surface area contributed by atoms with Crippen LogP contribution in [0.2, 0.25) is 0 Å². The van der Waals surface area contributed by atoms with E-state index in [0.717, 1.165) is 40.5 Å². The van der Waals surface area contributed by atoms with Crippen LogP contribution in [0.25, 0.3) is 0 Å². The number of rotatable bonds is 6. The lowest BCUT2D eigenvalue weighted by Crippen LogP contribution is -2.45. The number of aliphatic imine (C=N–C) groups is 1. The molecular weight excluding hydrogens is 550 g/mol. The number of carbonyl (C=O) groups excluding carboxylic acids is 3. The van der Waals surface area contributed by atoms with E-state index in [-0.39, 0.29) is 21.8 Å². The highest BCUT2D eigenvalue weighted by molar-refractivity contribution is 7.90. The predicted octanol–water partition coefficient (Wildman–Crippen LogP) is 3.61. The van der Waals surface area contributed by atoms with Crippen molar-refractivity contribution in [3.8, 4) is 0 Å². The van der Waals surface area contributed by atoms with Gasteiger partial charge in [0.1, 0.15) is 4.90 Å². The van der Waals surface area contributed by atoms with Gasteiger partial charge in [0, 0.05) is 12.7 Å². The number of hydrogen-bond donors (Lipinski definition) is 1. The lowest BCUT2D eigenvalue weighted by atomic mass is 9.86. The van der Waals surface area contributed by atoms with Crippen LogP contribution in [-0.2, 0) is 29.7 Å². The first-order valence-electron chi connectivity index (χ1n) is 12.5. The molecule has 0 radical (unpaired) electrons. The van der Waals surface area contributed by atoms with Gasteiger partial charge in [0.2, 0.25) is 0 Å². The number of carbonyl (C=O) groups is 3. The number of para-hydroxylation sites is 1. The van der Waals surface area contributed by atoms with Gasteiger partial charge in [-0.3, -0.25) is 9.10 Å². The van der Waals surface area contributed by atoms with Crippen molar-refractivity contribution in [1.82, 2.24) is 13.9 Å². The zero-order valence-electron chi connectivity index (χ0n) is 23.8. The molecule has 1 atom stereocenters. The number of anilines is 1. The second-order valence-corrected chi connectivity index (χ2v) is 12.4. The molecule has 0 saturated carbocycles. The van der Waals surface area contributed by atoms with Crippen LogP contribution in [0.5, 0.6) is 0 Å². The SMILES string of the molecule is COC(=O)c1ncn(C(C(=O)Nc2cc(C(C)(C)C)ccc2C)C2=Nc3ccccc3S(=O)(=O)N2C)c1C(=O)OC. The molecule has 1 amide bonds. The Balaban J connectivity index is 1.96. The van der Waals surface area contributed by atoms with E-state index >= 15 is 0 Å². The third kappa shape index (κ3) is 5.32. The number of amides is 1. The van der Waals surface area contributed by atoms with Gasteiger partial charge in [-0.1, -0.05) is 45.0 Å². The molecule has 41 heavy (non-hydrogen) atoms. The minimum atomic E-state index is -4.14. The number of ether oxygens (including phenoxy) is 2. The van der Waals surface area contributed by atoms with Gasteiger partial charge in [-0.15, -0.1) is 0 Å². The molecule has 2 heterocycles. The zero-order valence-corrected chi connectivity index (χ0v) is 24.6. The van der Waals surface area contributed by atoms with Gasteiger partial charge < -0.3 is 19.4 Å². The third-order valence-corrected chi connectivity index (χ3v) is 8.55. The number of nitrogens with zero attached hydrogens (tertiary/aromatic N) is 4. The van der Waals surface area contributed by atoms with Crippen LogP contribution in [0.4, 0.5) is 11.4 Å². The number of nitrogens with one attached hydrogen (secondary N) is 1. The van der Waals surface area contributed by atoms with Gasteiger partial charge in [-0.2, -0.15) is 0 Å². The summed E-state index contributed by atoms with van der Waals surface area (Å²) in [5.74, 6) is -2.91. The molecule has 1 aliphatic rings. The van der Waals surface area contributed by atoms with E-state index in [9.17, 15) is 22.8 Å². The number of sulfonamides is 1. The number of aromatic nitrogens is 2. The summed E-state index contributed by atoms with van der Waals surface area (Å²) in [6, 6.07) is 10.2. The number of amidine groups is 1. The summed E-state index contributed by atoms with van der Waals surface area (Å²) < 4.78 is 38.6. The minimum absolute atomic E-state index is 0.0480. The molecule has 0 aliphatic carbocycles. The number of fused-ring (bicyclic) bond motifs is 1. The Morgan fingerprint density at radius 3 is 2.29 bits per heavy atom. The average Bonchev–Trinajstić information content (AvgIpc) is 3.36. The minimum Gasteiger partial charge on any atom is -0.464 e. The monoisotopic (exact) mass is 581 g/mol. The summed E-state index contributed by atoms with van der Waals surface area (Å²) in [5.41, 5.74) is 1.23. The van der Waals surface area contributed by atoms with Crippen molar-refractivity contribution in [2.75, 3.05) is 26.6 Å². The molecule has 1 aromatic heterocycles. The summed E-state index contributed by atoms with van der Waals surface area (Å²) in [6.45, 7) is 7.90. The largest absolute Gasteiger partial charge is 0.464 e. The first kappa shape index (κ1) is 29.5. The first-order chi connectivity index (χ1) is 19.2. The molecule has 0 spiro atoms. The highest BCUT2D eigenvalue weighted by Gasteiger charge is 2.41. The number of aryl methyl sites for hydroxylation is 1. The van der Waals surface area contributed by atoms with Crippen LogP contribution in [0.1, 0.15) is 58.9 Å². The van der Waals surface area contributed by atoms with Crippen molar-refractivity contribution in [3.05, 3.63) is 71.3 Å². The highest BCUT2D eigenvalue weighted by atomic mass is 32.2. The van der Waals surface area contributed by atoms with Crippen LogP contribution < -0.4 is 5.32 Å². The number of esters is 2. The molecule has 4 rings (SSSR count). The van der Waals surface area contributed by atoms with Crippen LogP contribution in [0.15, 0.2) is 58.7 Å². The van der Waals surface area contributed by atoms with Crippen molar-refractivity contribution >= 4 is 45.1 Å². The van der Waals surface area contributed by atoms with Crippen LogP contribution in [0.3, 0.4) is 0 Å². The van der Waals surface area contributed by atoms with E-state index in [0.29, 0.717) is 5.69 Å². The quantitative estimate of drug-likeness (QED) is 0.434. The third-order valence-electron chi connectivity index (χ3n) is 6.75. The molecule has 3 aromatic rings. The van der Waals surface area contributed by atoms with E-state index in [1.54, 1.807) is 12.1 Å². The van der Waals surface area contributed by atoms with Crippen molar-refractivity contribution in [1.29, 1.82) is 0 Å². The Bertz CT molecular complexity index is 1690. The summed E-state index contributed by atoms with van der Waals surface area (Å²) in [6.07, 6.45) is 1.07. The van der Waals surface area contributed by atoms with Crippen molar-refractivity contribution in [2.45, 2.75) is 44.0 Å². The summed E-state index contributed by atoms with van der Waals surface area (Å²) in [4.78, 5) is 48.1. The van der Waals surface area contributed by atoms with E-state index < -0.39 is 45.3 Å². The molecule has 0 bridgehead atoms. The molecular formula is C28H31N5O7S. The van der Waals surface area contributed by atoms with E-state index in [4.69, 9.17) is 9.47 Å². The van der Waals surface area contributed by atoms with Crippen molar-refractivity contribution in [3.63, 3.8) is 0 Å². The number of benzene rings is 2. The van der Waals surface area contributed by atoms with Crippen LogP contribution in [0, 0.1) is 6.92 Å². The smallest absolute Gasteiger partial charge is 0.359 e. The average molecular weight is 582 g/mol. The Morgan fingerprint density at radius 1 is 1.00 bits per heavy atom. The Kier molecular flexibility index (Phi) is 7.76. The molecule has 1 N–H and O–H groups in total. The lowest BCUT2D eigenvalue weighted by molar-refractivity contribution is -0.117. The van der Waals surface area contributed by atoms with Crippen LogP contribution >= 0.6 is 0 Å². The fourth-order valence-electron chi connectivity index (χ4n) is 4.36. The zero-order chi connectivity index (χ0) is 30.3. The second-order valence-electron chi connectivity index (χ2n) is 10.4. The number of likely N-dealkylation sites (N-methyl/N-ethyl adjacent to an activating group) is 1. The standard InChI is InChI=1S/C28H31N5O7S/c1-16-12-13-17(28(2,3)4)14-19(16)31-25(34)23(33-15-29-21(26(35)39-6)22(33)27(36)40-7)24-30-18-10-8-9-11-20(18)41(37,38)32(24)5/h8-15,23H,1-7H3,(H,31,34). The second kappa shape index (κ2) is 10.8. The molecule has 0 fully saturated rings. The normalized spacial score (nSPS) is 14.9. The van der Waals surface area contributed by atoms with E-state index in [1.807, 2.05) is 45.9 Å². The number of hydrogen-bond acceptors (Lipinski definition) is 9. The molecule has 1 unspecified atom stereocenters. The van der Waals surface area contributed by atoms with Crippen molar-refractivity contribution in [2.24, 2.45) is 4.99 Å². The first-order valence-corrected chi connectivity index (χ1v) is 14.0. The van der Waals surface area contributed by atoms with Gasteiger partial charge >= 0.3 is 11.9 Å². The van der Waals surface area contributed by atoms with Gasteiger partial charge in [-0.25, -0.2) is 28.0 Å². The fraction of sp³-hybridized carbons (Fsp3) is 0.321. The highest BCUT2D eigenvalue weighted by Crippen LogP contribution is 2.35. The predicted molar refractivity (Wildman–Crippen MR) is 151 cm³/mol. The van der Waals surface area contributed by atoms with Gasteiger partial charge in [0.15, 0.2) is 23.3 Å². The molecule has 2 aromatic carbocycles. The van der Waals surface area contributed by atoms with E-state index in [1.165, 1.54) is 19.2 Å². The summed E-state index contributed by atoms with van der Waals surface area (Å²) in [5, 5.41) is 2.87. The van der Waals surface area contributed by atoms with Crippen molar-refractivity contribution < 1.29 is 32.3 Å². The molecule has 13 heteroatoms. The Morgan fingerprint density at radius 2 is 1.66 bits per heavy atom. The topological polar surface area (TPSA) is 149 Å². The number of methoxy groups -OCH3 is 2. The lowest BCUT2D eigenvalue weighted by Gasteiger charge is -2.31. The van der Waals surface area contributed by atoms with Gasteiger partial charge in [-0.05, 0) is 41.7 Å². The molecule has 12 nitrogen and oxygen atoms in total. The maximum absolute atomic E-state index is 14.2. The molecule has 216 valence electrons. The number of imidazole rings is 1. The van der Waals surface area contributed by atoms with Gasteiger partial charge in [0.25, 0.3) is 15.9 Å². The Hall–Kier alpha value is -4.52.